The van der Waals surface area contributed by atoms with Crippen molar-refractivity contribution in [3.8, 4) is 5.75 Å². The van der Waals surface area contributed by atoms with Gasteiger partial charge in [-0.15, -0.1) is 0 Å². The fraction of sp³-hybridized carbons (Fsp3) is 0.150. The minimum absolute atomic E-state index is 0.232. The molecule has 0 aliphatic heterocycles. The molecule has 1 aromatic heterocycles. The first-order valence-electron chi connectivity index (χ1n) is 7.57. The molecule has 0 radical (unpaired) electrons. The van der Waals surface area contributed by atoms with E-state index in [1.807, 2.05) is 72.8 Å². The predicted octanol–water partition coefficient (Wildman–Crippen LogP) is 3.96. The second kappa shape index (κ2) is 7.07. The smallest absolute Gasteiger partial charge is 0.119 e. The first-order chi connectivity index (χ1) is 11.3. The third-order valence-electron chi connectivity index (χ3n) is 3.92. The van der Waals surface area contributed by atoms with Crippen LogP contribution < -0.4 is 4.74 Å². The van der Waals surface area contributed by atoms with Gasteiger partial charge in [0.05, 0.1) is 24.8 Å². The van der Waals surface area contributed by atoms with E-state index in [-0.39, 0.29) is 5.92 Å². The fourth-order valence-corrected chi connectivity index (χ4v) is 2.75. The summed E-state index contributed by atoms with van der Waals surface area (Å²) in [5.41, 5.74) is 2.68. The van der Waals surface area contributed by atoms with Gasteiger partial charge in [0.2, 0.25) is 0 Å². The number of nitrogens with zero attached hydrogens (tertiary/aromatic N) is 1. The average Bonchev–Trinajstić information content (AvgIpc) is 2.64. The maximum atomic E-state index is 11.0. The standard InChI is InChI=1S/C20H19NO2/c1-23-17-11-7-10-16(14-17)20(22)19(15-8-3-2-4-9-15)18-12-5-6-13-21-18/h2-14,19-20,22H,1H3/t19-,20+/m1/s1. The van der Waals surface area contributed by atoms with E-state index in [1.54, 1.807) is 13.3 Å². The summed E-state index contributed by atoms with van der Waals surface area (Å²) >= 11 is 0. The van der Waals surface area contributed by atoms with Crippen molar-refractivity contribution >= 4 is 0 Å². The number of ether oxygens (including phenoxy) is 1. The van der Waals surface area contributed by atoms with E-state index in [0.29, 0.717) is 0 Å². The van der Waals surface area contributed by atoms with Crippen molar-refractivity contribution in [1.82, 2.24) is 4.98 Å². The van der Waals surface area contributed by atoms with Gasteiger partial charge >= 0.3 is 0 Å². The number of aromatic nitrogens is 1. The van der Waals surface area contributed by atoms with Crippen LogP contribution in [0.15, 0.2) is 79.0 Å². The second-order valence-electron chi connectivity index (χ2n) is 5.36. The SMILES string of the molecule is COc1cccc([C@H](O)[C@H](c2ccccc2)c2ccccn2)c1. The molecule has 3 rings (SSSR count). The van der Waals surface area contributed by atoms with Crippen molar-refractivity contribution < 1.29 is 9.84 Å². The number of methoxy groups -OCH3 is 1. The Morgan fingerprint density at radius 3 is 2.30 bits per heavy atom. The average molecular weight is 305 g/mol. The lowest BCUT2D eigenvalue weighted by atomic mass is 9.86. The molecule has 2 aromatic carbocycles. The molecule has 0 saturated carbocycles. The lowest BCUT2D eigenvalue weighted by molar-refractivity contribution is 0.157. The topological polar surface area (TPSA) is 42.4 Å². The van der Waals surface area contributed by atoms with Gasteiger partial charge in [-0.3, -0.25) is 4.98 Å². The molecule has 23 heavy (non-hydrogen) atoms. The molecular weight excluding hydrogens is 286 g/mol. The molecule has 116 valence electrons. The third-order valence-corrected chi connectivity index (χ3v) is 3.92. The Labute approximate surface area is 136 Å². The predicted molar refractivity (Wildman–Crippen MR) is 90.5 cm³/mol. The van der Waals surface area contributed by atoms with E-state index < -0.39 is 6.10 Å². The van der Waals surface area contributed by atoms with Crippen LogP contribution in [-0.4, -0.2) is 17.2 Å². The summed E-state index contributed by atoms with van der Waals surface area (Å²) < 4.78 is 5.27. The van der Waals surface area contributed by atoms with E-state index in [2.05, 4.69) is 4.98 Å². The number of aliphatic hydroxyl groups excluding tert-OH is 1. The molecule has 0 fully saturated rings. The molecule has 1 heterocycles. The van der Waals surface area contributed by atoms with Crippen LogP contribution in [0.5, 0.6) is 5.75 Å². The molecule has 3 aromatic rings. The highest BCUT2D eigenvalue weighted by atomic mass is 16.5. The van der Waals surface area contributed by atoms with Gasteiger partial charge in [0.1, 0.15) is 5.75 Å². The Bertz CT molecular complexity index is 704. The van der Waals surface area contributed by atoms with Crippen molar-refractivity contribution in [2.45, 2.75) is 12.0 Å². The van der Waals surface area contributed by atoms with Crippen molar-refractivity contribution in [1.29, 1.82) is 0 Å². The maximum Gasteiger partial charge on any atom is 0.119 e. The number of hydrogen-bond acceptors (Lipinski definition) is 3. The molecule has 0 unspecified atom stereocenters. The molecule has 2 atom stereocenters. The number of pyridine rings is 1. The lowest BCUT2D eigenvalue weighted by Gasteiger charge is -2.23. The zero-order valence-electron chi connectivity index (χ0n) is 13.0. The summed E-state index contributed by atoms with van der Waals surface area (Å²) in [5.74, 6) is 0.499. The normalized spacial score (nSPS) is 13.3. The van der Waals surface area contributed by atoms with Gasteiger partial charge in [-0.2, -0.15) is 0 Å². The van der Waals surface area contributed by atoms with Crippen molar-refractivity contribution in [2.75, 3.05) is 7.11 Å². The van der Waals surface area contributed by atoms with Gasteiger partial charge in [0.25, 0.3) is 0 Å². The molecule has 0 aliphatic carbocycles. The largest absolute Gasteiger partial charge is 0.497 e. The van der Waals surface area contributed by atoms with E-state index in [4.69, 9.17) is 4.74 Å². The molecule has 0 saturated heterocycles. The summed E-state index contributed by atoms with van der Waals surface area (Å²) in [4.78, 5) is 4.45. The first kappa shape index (κ1) is 15.3. The van der Waals surface area contributed by atoms with Gasteiger partial charge < -0.3 is 9.84 Å². The Hall–Kier alpha value is -2.65. The summed E-state index contributed by atoms with van der Waals surface area (Å²) in [5, 5.41) is 11.0. The Balaban J connectivity index is 2.04. The quantitative estimate of drug-likeness (QED) is 0.776. The van der Waals surface area contributed by atoms with Crippen molar-refractivity contribution in [3.63, 3.8) is 0 Å². The van der Waals surface area contributed by atoms with Crippen molar-refractivity contribution in [2.24, 2.45) is 0 Å². The van der Waals surface area contributed by atoms with Crippen LogP contribution in [0.3, 0.4) is 0 Å². The van der Waals surface area contributed by atoms with Crippen LogP contribution in [0.4, 0.5) is 0 Å². The van der Waals surface area contributed by atoms with Crippen LogP contribution in [0.25, 0.3) is 0 Å². The highest BCUT2D eigenvalue weighted by Crippen LogP contribution is 2.36. The van der Waals surface area contributed by atoms with E-state index in [0.717, 1.165) is 22.6 Å². The Kier molecular flexibility index (Phi) is 4.69. The Morgan fingerprint density at radius 2 is 1.61 bits per heavy atom. The molecular formula is C20H19NO2. The monoisotopic (exact) mass is 305 g/mol. The van der Waals surface area contributed by atoms with E-state index in [1.165, 1.54) is 0 Å². The molecule has 0 amide bonds. The first-order valence-corrected chi connectivity index (χ1v) is 7.57. The lowest BCUT2D eigenvalue weighted by Crippen LogP contribution is -2.14. The number of hydrogen-bond donors (Lipinski definition) is 1. The summed E-state index contributed by atoms with van der Waals surface area (Å²) in [6, 6.07) is 23.2. The van der Waals surface area contributed by atoms with Crippen LogP contribution in [0.2, 0.25) is 0 Å². The van der Waals surface area contributed by atoms with E-state index >= 15 is 0 Å². The number of rotatable bonds is 5. The van der Waals surface area contributed by atoms with Gasteiger partial charge in [-0.25, -0.2) is 0 Å². The maximum absolute atomic E-state index is 11.0. The van der Waals surface area contributed by atoms with Crippen LogP contribution in [0.1, 0.15) is 28.8 Å². The zero-order chi connectivity index (χ0) is 16.1. The van der Waals surface area contributed by atoms with Gasteiger partial charge in [0.15, 0.2) is 0 Å². The summed E-state index contributed by atoms with van der Waals surface area (Å²) in [6.07, 6.45) is 1.05. The summed E-state index contributed by atoms with van der Waals surface area (Å²) in [6.45, 7) is 0. The van der Waals surface area contributed by atoms with E-state index in [9.17, 15) is 5.11 Å². The molecule has 3 heteroatoms. The zero-order valence-corrected chi connectivity index (χ0v) is 13.0. The number of aliphatic hydroxyl groups is 1. The highest BCUT2D eigenvalue weighted by Gasteiger charge is 2.25. The highest BCUT2D eigenvalue weighted by molar-refractivity contribution is 5.36. The molecule has 0 spiro atoms. The van der Waals surface area contributed by atoms with Crippen LogP contribution >= 0.6 is 0 Å². The molecule has 0 bridgehead atoms. The fourth-order valence-electron chi connectivity index (χ4n) is 2.75. The molecule has 0 aliphatic rings. The molecule has 1 N–H and O–H groups in total. The van der Waals surface area contributed by atoms with Crippen LogP contribution in [0, 0.1) is 0 Å². The molecule has 3 nitrogen and oxygen atoms in total. The minimum atomic E-state index is -0.706. The second-order valence-corrected chi connectivity index (χ2v) is 5.36. The Morgan fingerprint density at radius 1 is 0.870 bits per heavy atom. The van der Waals surface area contributed by atoms with Gasteiger partial charge in [-0.05, 0) is 35.4 Å². The minimum Gasteiger partial charge on any atom is -0.497 e. The van der Waals surface area contributed by atoms with Gasteiger partial charge in [-0.1, -0.05) is 48.5 Å². The van der Waals surface area contributed by atoms with Crippen LogP contribution in [-0.2, 0) is 0 Å². The third kappa shape index (κ3) is 3.41. The van der Waals surface area contributed by atoms with Gasteiger partial charge in [0, 0.05) is 6.20 Å². The summed E-state index contributed by atoms with van der Waals surface area (Å²) in [7, 11) is 1.62. The number of benzene rings is 2. The van der Waals surface area contributed by atoms with Crippen molar-refractivity contribution in [3.05, 3.63) is 95.8 Å².